The average molecular weight is 541 g/mol. The number of amides is 1. The quantitative estimate of drug-likeness (QED) is 0.347. The van der Waals surface area contributed by atoms with Crippen LogP contribution in [0.4, 0.5) is 5.82 Å². The number of hydrogen-bond donors (Lipinski definition) is 1. The fourth-order valence-corrected chi connectivity index (χ4v) is 4.32. The van der Waals surface area contributed by atoms with Crippen LogP contribution in [0.25, 0.3) is 22.5 Å². The van der Waals surface area contributed by atoms with Gasteiger partial charge in [0.05, 0.1) is 42.7 Å². The van der Waals surface area contributed by atoms with Crippen LogP contribution in [0, 0.1) is 0 Å². The second-order valence-electron chi connectivity index (χ2n) is 9.84. The van der Waals surface area contributed by atoms with E-state index in [1.165, 1.54) is 0 Å². The number of aromatic nitrogens is 2. The number of nitrogens with zero attached hydrogens (tertiary/aromatic N) is 3. The monoisotopic (exact) mass is 540 g/mol. The highest BCUT2D eigenvalue weighted by molar-refractivity contribution is 7.89. The van der Waals surface area contributed by atoms with E-state index < -0.39 is 21.5 Å². The lowest BCUT2D eigenvalue weighted by molar-refractivity contribution is -0.128. The molecule has 0 saturated heterocycles. The number of ether oxygens (including phenoxy) is 2. The van der Waals surface area contributed by atoms with Gasteiger partial charge in [0, 0.05) is 23.7 Å². The molecule has 9 nitrogen and oxygen atoms in total. The summed E-state index contributed by atoms with van der Waals surface area (Å²) in [5, 5.41) is 0. The number of rotatable bonds is 13. The molecular weight excluding hydrogens is 504 g/mol. The Morgan fingerprint density at radius 3 is 2.13 bits per heavy atom. The average Bonchev–Trinajstić information content (AvgIpc) is 2.86. The van der Waals surface area contributed by atoms with Crippen molar-refractivity contribution in [2.75, 3.05) is 37.5 Å². The van der Waals surface area contributed by atoms with E-state index in [0.717, 1.165) is 34.6 Å². The second-order valence-corrected chi connectivity index (χ2v) is 11.6. The van der Waals surface area contributed by atoms with Crippen LogP contribution in [0.1, 0.15) is 27.7 Å². The van der Waals surface area contributed by atoms with Crippen molar-refractivity contribution in [1.29, 1.82) is 0 Å². The molecule has 0 fully saturated rings. The van der Waals surface area contributed by atoms with Crippen molar-refractivity contribution in [3.8, 4) is 22.5 Å². The second kappa shape index (κ2) is 12.9. The molecule has 3 aromatic rings. The number of sulfonamides is 1. The molecular formula is C28H36N4O5S. The van der Waals surface area contributed by atoms with E-state index in [4.69, 9.17) is 19.4 Å². The summed E-state index contributed by atoms with van der Waals surface area (Å²) in [4.78, 5) is 23.6. The highest BCUT2D eigenvalue weighted by Crippen LogP contribution is 2.30. The van der Waals surface area contributed by atoms with E-state index in [2.05, 4.69) is 18.7 Å². The molecule has 0 unspecified atom stereocenters. The Morgan fingerprint density at radius 2 is 1.58 bits per heavy atom. The normalized spacial score (nSPS) is 11.9. The lowest BCUT2D eigenvalue weighted by atomic mass is 10.0. The van der Waals surface area contributed by atoms with Gasteiger partial charge in [0.1, 0.15) is 12.4 Å². The van der Waals surface area contributed by atoms with E-state index >= 15 is 0 Å². The van der Waals surface area contributed by atoms with Crippen LogP contribution in [0.3, 0.4) is 0 Å². The van der Waals surface area contributed by atoms with Gasteiger partial charge in [-0.3, -0.25) is 14.5 Å². The predicted octanol–water partition coefficient (Wildman–Crippen LogP) is 3.91. The van der Waals surface area contributed by atoms with Gasteiger partial charge in [0.25, 0.3) is 5.91 Å². The van der Waals surface area contributed by atoms with Gasteiger partial charge in [0.2, 0.25) is 10.0 Å². The molecule has 204 valence electrons. The van der Waals surface area contributed by atoms with Crippen molar-refractivity contribution in [2.45, 2.75) is 39.3 Å². The molecule has 0 spiro atoms. The Labute approximate surface area is 225 Å². The lowest BCUT2D eigenvalue weighted by Gasteiger charge is -2.31. The summed E-state index contributed by atoms with van der Waals surface area (Å²) in [6, 6.07) is 20.2. The van der Waals surface area contributed by atoms with Crippen molar-refractivity contribution in [3.05, 3.63) is 66.9 Å². The van der Waals surface area contributed by atoms with Gasteiger partial charge in [-0.2, -0.15) is 0 Å². The zero-order chi connectivity index (χ0) is 27.8. The van der Waals surface area contributed by atoms with Crippen LogP contribution >= 0.6 is 0 Å². The molecule has 0 aliphatic carbocycles. The maximum Gasteiger partial charge on any atom is 0.259 e. The minimum absolute atomic E-state index is 0.121. The highest BCUT2D eigenvalue weighted by atomic mass is 32.2. The van der Waals surface area contributed by atoms with Crippen molar-refractivity contribution in [1.82, 2.24) is 14.7 Å². The molecule has 1 amide bonds. The number of nitrogens with one attached hydrogen (secondary N) is 1. The van der Waals surface area contributed by atoms with Crippen LogP contribution in [0.15, 0.2) is 66.9 Å². The zero-order valence-corrected chi connectivity index (χ0v) is 23.4. The molecule has 0 saturated carbocycles. The number of carbonyl (C=O) groups is 1. The van der Waals surface area contributed by atoms with Gasteiger partial charge in [-0.25, -0.2) is 13.4 Å². The summed E-state index contributed by atoms with van der Waals surface area (Å²) in [6.07, 6.45) is 2.71. The van der Waals surface area contributed by atoms with E-state index in [0.29, 0.717) is 13.2 Å². The van der Waals surface area contributed by atoms with Crippen LogP contribution in [0.5, 0.6) is 0 Å². The number of benzene rings is 2. The summed E-state index contributed by atoms with van der Waals surface area (Å²) in [7, 11) is -3.61. The first-order chi connectivity index (χ1) is 18.0. The highest BCUT2D eigenvalue weighted by Gasteiger charge is 2.22. The van der Waals surface area contributed by atoms with Crippen molar-refractivity contribution < 1.29 is 22.7 Å². The summed E-state index contributed by atoms with van der Waals surface area (Å²) in [5.41, 5.74) is 2.92. The Morgan fingerprint density at radius 1 is 1.00 bits per heavy atom. The van der Waals surface area contributed by atoms with Crippen molar-refractivity contribution >= 4 is 21.7 Å². The third-order valence-electron chi connectivity index (χ3n) is 5.58. The van der Waals surface area contributed by atoms with Crippen LogP contribution in [0.2, 0.25) is 0 Å². The maximum atomic E-state index is 11.6. The van der Waals surface area contributed by atoms with Gasteiger partial charge in [-0.1, -0.05) is 60.7 Å². The third-order valence-corrected chi connectivity index (χ3v) is 6.18. The van der Waals surface area contributed by atoms with E-state index in [9.17, 15) is 13.2 Å². The van der Waals surface area contributed by atoms with Gasteiger partial charge in [-0.05, 0) is 27.7 Å². The molecule has 2 aromatic carbocycles. The van der Waals surface area contributed by atoms with E-state index in [-0.39, 0.29) is 19.3 Å². The first kappa shape index (κ1) is 29.2. The third kappa shape index (κ3) is 8.90. The SMILES string of the molecule is CC(C)N(CCOC(C)(C)COCC(=O)NS(C)(=O)=O)c1cnc(-c2ccccc2)c(-c2ccccc2)n1. The fraction of sp³-hybridized carbons (Fsp3) is 0.393. The molecule has 0 atom stereocenters. The number of anilines is 1. The molecule has 10 heteroatoms. The Hall–Kier alpha value is -3.34. The van der Waals surface area contributed by atoms with Gasteiger partial charge in [0.15, 0.2) is 0 Å². The van der Waals surface area contributed by atoms with Gasteiger partial charge < -0.3 is 14.4 Å². The van der Waals surface area contributed by atoms with Crippen LogP contribution in [-0.2, 0) is 24.3 Å². The largest absolute Gasteiger partial charge is 0.371 e. The molecule has 0 aliphatic rings. The van der Waals surface area contributed by atoms with Gasteiger partial charge in [-0.15, -0.1) is 0 Å². The molecule has 0 radical (unpaired) electrons. The van der Waals surface area contributed by atoms with E-state index in [1.54, 1.807) is 6.20 Å². The molecule has 0 bridgehead atoms. The molecule has 1 aromatic heterocycles. The summed E-state index contributed by atoms with van der Waals surface area (Å²) >= 11 is 0. The van der Waals surface area contributed by atoms with Crippen LogP contribution in [-0.4, -0.2) is 68.6 Å². The molecule has 1 heterocycles. The lowest BCUT2D eigenvalue weighted by Crippen LogP contribution is -2.39. The fourth-order valence-electron chi connectivity index (χ4n) is 3.85. The molecule has 3 rings (SSSR count). The minimum Gasteiger partial charge on any atom is -0.371 e. The first-order valence-electron chi connectivity index (χ1n) is 12.4. The summed E-state index contributed by atoms with van der Waals surface area (Å²) in [5.74, 6) is 0.0228. The van der Waals surface area contributed by atoms with E-state index in [1.807, 2.05) is 79.2 Å². The smallest absolute Gasteiger partial charge is 0.259 e. The molecule has 1 N–H and O–H groups in total. The van der Waals surface area contributed by atoms with Gasteiger partial charge >= 0.3 is 0 Å². The minimum atomic E-state index is -3.61. The number of hydrogen-bond acceptors (Lipinski definition) is 8. The van der Waals surface area contributed by atoms with Crippen LogP contribution < -0.4 is 9.62 Å². The number of carbonyl (C=O) groups excluding carboxylic acids is 1. The standard InChI is InChI=1S/C28H36N4O5S/c1-21(2)32(16-17-37-28(3,4)20-36-19-25(33)31-38(5,34)35)24-18-29-26(22-12-8-6-9-13-22)27(30-24)23-14-10-7-11-15-23/h6-15,18,21H,16-17,19-20H2,1-5H3,(H,31,33). The predicted molar refractivity (Wildman–Crippen MR) is 149 cm³/mol. The van der Waals surface area contributed by atoms with Crippen molar-refractivity contribution in [2.24, 2.45) is 0 Å². The molecule has 0 aliphatic heterocycles. The Balaban J connectivity index is 1.70. The topological polar surface area (TPSA) is 111 Å². The zero-order valence-electron chi connectivity index (χ0n) is 22.5. The first-order valence-corrected chi connectivity index (χ1v) is 14.3. The Kier molecular flexibility index (Phi) is 9.96. The Bertz CT molecular complexity index is 1300. The summed E-state index contributed by atoms with van der Waals surface area (Å²) in [6.45, 7) is 8.56. The molecule has 38 heavy (non-hydrogen) atoms. The summed E-state index contributed by atoms with van der Waals surface area (Å²) < 4.78 is 35.6. The maximum absolute atomic E-state index is 11.6. The van der Waals surface area contributed by atoms with Crippen molar-refractivity contribution in [3.63, 3.8) is 0 Å².